The fourth-order valence-corrected chi connectivity index (χ4v) is 2.29. The summed E-state index contributed by atoms with van der Waals surface area (Å²) in [6, 6.07) is 11.5. The SMILES string of the molecule is CC1CCC(C(=O)N(CCC#N)c2ccccc2)O1. The highest BCUT2D eigenvalue weighted by Gasteiger charge is 2.32. The van der Waals surface area contributed by atoms with Crippen LogP contribution in [-0.4, -0.2) is 24.7 Å². The first kappa shape index (κ1) is 13.6. The molecule has 2 unspecified atom stereocenters. The van der Waals surface area contributed by atoms with Crippen molar-refractivity contribution >= 4 is 11.6 Å². The maximum absolute atomic E-state index is 12.5. The van der Waals surface area contributed by atoms with E-state index in [1.807, 2.05) is 37.3 Å². The lowest BCUT2D eigenvalue weighted by Gasteiger charge is -2.24. The molecule has 2 rings (SSSR count). The second-order valence-corrected chi connectivity index (χ2v) is 4.75. The summed E-state index contributed by atoms with van der Waals surface area (Å²) in [5.74, 6) is -0.0363. The Hall–Kier alpha value is -1.86. The molecule has 1 fully saturated rings. The van der Waals surface area contributed by atoms with Crippen LogP contribution < -0.4 is 4.90 Å². The van der Waals surface area contributed by atoms with Gasteiger partial charge < -0.3 is 9.64 Å². The molecule has 1 aromatic rings. The zero-order valence-electron chi connectivity index (χ0n) is 11.1. The van der Waals surface area contributed by atoms with E-state index in [1.54, 1.807) is 4.90 Å². The fourth-order valence-electron chi connectivity index (χ4n) is 2.29. The number of carbonyl (C=O) groups is 1. The number of nitrogens with zero attached hydrogens (tertiary/aromatic N) is 2. The quantitative estimate of drug-likeness (QED) is 0.833. The second-order valence-electron chi connectivity index (χ2n) is 4.75. The number of ether oxygens (including phenoxy) is 1. The van der Waals surface area contributed by atoms with Gasteiger partial charge in [0.2, 0.25) is 0 Å². The highest BCUT2D eigenvalue weighted by Crippen LogP contribution is 2.23. The molecule has 0 aromatic heterocycles. The monoisotopic (exact) mass is 258 g/mol. The maximum Gasteiger partial charge on any atom is 0.256 e. The van der Waals surface area contributed by atoms with E-state index < -0.39 is 0 Å². The van der Waals surface area contributed by atoms with Gasteiger partial charge >= 0.3 is 0 Å². The normalized spacial score (nSPS) is 21.9. The molecule has 0 N–H and O–H groups in total. The zero-order chi connectivity index (χ0) is 13.7. The van der Waals surface area contributed by atoms with E-state index in [2.05, 4.69) is 6.07 Å². The fraction of sp³-hybridized carbons (Fsp3) is 0.467. The van der Waals surface area contributed by atoms with Gasteiger partial charge in [0.1, 0.15) is 6.10 Å². The van der Waals surface area contributed by atoms with Crippen molar-refractivity contribution in [3.63, 3.8) is 0 Å². The van der Waals surface area contributed by atoms with Crippen LogP contribution in [0.4, 0.5) is 5.69 Å². The van der Waals surface area contributed by atoms with Gasteiger partial charge in [0.05, 0.1) is 18.6 Å². The first-order valence-corrected chi connectivity index (χ1v) is 6.61. The topological polar surface area (TPSA) is 53.3 Å². The number of benzene rings is 1. The van der Waals surface area contributed by atoms with E-state index in [4.69, 9.17) is 10.00 Å². The number of carbonyl (C=O) groups excluding carboxylic acids is 1. The zero-order valence-corrected chi connectivity index (χ0v) is 11.1. The molecule has 4 nitrogen and oxygen atoms in total. The van der Waals surface area contributed by atoms with Gasteiger partial charge in [-0.15, -0.1) is 0 Å². The molecule has 0 radical (unpaired) electrons. The van der Waals surface area contributed by atoms with Crippen molar-refractivity contribution in [3.05, 3.63) is 30.3 Å². The first-order valence-electron chi connectivity index (χ1n) is 6.61. The summed E-state index contributed by atoms with van der Waals surface area (Å²) >= 11 is 0. The predicted molar refractivity (Wildman–Crippen MR) is 72.6 cm³/mol. The van der Waals surface area contributed by atoms with Crippen LogP contribution in [0.5, 0.6) is 0 Å². The molecule has 1 amide bonds. The number of anilines is 1. The van der Waals surface area contributed by atoms with E-state index in [0.717, 1.165) is 18.5 Å². The molecule has 19 heavy (non-hydrogen) atoms. The molecule has 100 valence electrons. The summed E-state index contributed by atoms with van der Waals surface area (Å²) in [4.78, 5) is 14.1. The van der Waals surface area contributed by atoms with Crippen LogP contribution in [0.15, 0.2) is 30.3 Å². The molecule has 1 aliphatic rings. The molecule has 0 spiro atoms. The van der Waals surface area contributed by atoms with E-state index in [0.29, 0.717) is 13.0 Å². The lowest BCUT2D eigenvalue weighted by molar-refractivity contribution is -0.128. The molecule has 1 aromatic carbocycles. The van der Waals surface area contributed by atoms with Crippen LogP contribution in [0.25, 0.3) is 0 Å². The summed E-state index contributed by atoms with van der Waals surface area (Å²) < 4.78 is 5.63. The lowest BCUT2D eigenvalue weighted by atomic mass is 10.1. The summed E-state index contributed by atoms with van der Waals surface area (Å²) in [7, 11) is 0. The first-order chi connectivity index (χ1) is 9.22. The van der Waals surface area contributed by atoms with Crippen molar-refractivity contribution < 1.29 is 9.53 Å². The smallest absolute Gasteiger partial charge is 0.256 e. The molecular formula is C15H18N2O2. The number of nitriles is 1. The minimum atomic E-state index is -0.367. The summed E-state index contributed by atoms with van der Waals surface area (Å²) in [6.45, 7) is 2.39. The Labute approximate surface area is 113 Å². The minimum Gasteiger partial charge on any atom is -0.365 e. The maximum atomic E-state index is 12.5. The van der Waals surface area contributed by atoms with Gasteiger partial charge in [-0.05, 0) is 31.9 Å². The van der Waals surface area contributed by atoms with Crippen molar-refractivity contribution in [1.29, 1.82) is 5.26 Å². The third kappa shape index (κ3) is 3.33. The third-order valence-corrected chi connectivity index (χ3v) is 3.29. The second kappa shape index (κ2) is 6.35. The highest BCUT2D eigenvalue weighted by molar-refractivity contribution is 5.96. The van der Waals surface area contributed by atoms with Crippen LogP contribution in [0.1, 0.15) is 26.2 Å². The molecule has 2 atom stereocenters. The summed E-state index contributed by atoms with van der Waals surface area (Å²) in [5, 5.41) is 8.73. The Balaban J connectivity index is 2.13. The Morgan fingerprint density at radius 2 is 2.16 bits per heavy atom. The number of hydrogen-bond donors (Lipinski definition) is 0. The van der Waals surface area contributed by atoms with Gasteiger partial charge in [0.25, 0.3) is 5.91 Å². The molecule has 1 saturated heterocycles. The standard InChI is InChI=1S/C15H18N2O2/c1-12-8-9-14(19-12)15(18)17(11-5-10-16)13-6-3-2-4-7-13/h2-4,6-7,12,14H,5,8-9,11H2,1H3. The Kier molecular flexibility index (Phi) is 4.53. The van der Waals surface area contributed by atoms with Gasteiger partial charge in [0, 0.05) is 12.2 Å². The Morgan fingerprint density at radius 1 is 1.42 bits per heavy atom. The van der Waals surface area contributed by atoms with Gasteiger partial charge in [-0.25, -0.2) is 0 Å². The highest BCUT2D eigenvalue weighted by atomic mass is 16.5. The van der Waals surface area contributed by atoms with Crippen LogP contribution in [-0.2, 0) is 9.53 Å². The molecule has 1 heterocycles. The lowest BCUT2D eigenvalue weighted by Crippen LogP contribution is -2.39. The average molecular weight is 258 g/mol. The van der Waals surface area contributed by atoms with Crippen LogP contribution in [0.2, 0.25) is 0 Å². The van der Waals surface area contributed by atoms with Crippen molar-refractivity contribution in [1.82, 2.24) is 0 Å². The molecular weight excluding hydrogens is 240 g/mol. The molecule has 0 bridgehead atoms. The largest absolute Gasteiger partial charge is 0.365 e. The van der Waals surface area contributed by atoms with Crippen molar-refractivity contribution in [3.8, 4) is 6.07 Å². The van der Waals surface area contributed by atoms with Gasteiger partial charge in [-0.3, -0.25) is 4.79 Å². The molecule has 4 heteroatoms. The Morgan fingerprint density at radius 3 is 2.74 bits per heavy atom. The van der Waals surface area contributed by atoms with Crippen molar-refractivity contribution in [2.24, 2.45) is 0 Å². The number of para-hydroxylation sites is 1. The number of rotatable bonds is 4. The third-order valence-electron chi connectivity index (χ3n) is 3.29. The number of hydrogen-bond acceptors (Lipinski definition) is 3. The van der Waals surface area contributed by atoms with Crippen molar-refractivity contribution in [2.45, 2.75) is 38.4 Å². The Bertz CT molecular complexity index is 467. The van der Waals surface area contributed by atoms with E-state index in [-0.39, 0.29) is 18.1 Å². The van der Waals surface area contributed by atoms with Crippen LogP contribution in [0.3, 0.4) is 0 Å². The van der Waals surface area contributed by atoms with E-state index in [9.17, 15) is 4.79 Å². The van der Waals surface area contributed by atoms with Crippen LogP contribution >= 0.6 is 0 Å². The number of amides is 1. The van der Waals surface area contributed by atoms with Crippen molar-refractivity contribution in [2.75, 3.05) is 11.4 Å². The average Bonchev–Trinajstić information content (AvgIpc) is 2.87. The van der Waals surface area contributed by atoms with Gasteiger partial charge in [-0.2, -0.15) is 5.26 Å². The predicted octanol–water partition coefficient (Wildman–Crippen LogP) is 2.50. The van der Waals surface area contributed by atoms with E-state index in [1.165, 1.54) is 0 Å². The van der Waals surface area contributed by atoms with E-state index >= 15 is 0 Å². The van der Waals surface area contributed by atoms with Gasteiger partial charge in [-0.1, -0.05) is 18.2 Å². The molecule has 0 aliphatic carbocycles. The molecule has 0 saturated carbocycles. The molecule has 1 aliphatic heterocycles. The van der Waals surface area contributed by atoms with Gasteiger partial charge in [0.15, 0.2) is 0 Å². The summed E-state index contributed by atoms with van der Waals surface area (Å²) in [6.07, 6.45) is 1.77. The minimum absolute atomic E-state index is 0.0363. The summed E-state index contributed by atoms with van der Waals surface area (Å²) in [5.41, 5.74) is 0.825. The van der Waals surface area contributed by atoms with Crippen LogP contribution in [0, 0.1) is 11.3 Å².